The first kappa shape index (κ1) is 19.2. The van der Waals surface area contributed by atoms with Crippen LogP contribution in [-0.2, 0) is 11.3 Å². The average Bonchev–Trinajstić information content (AvgIpc) is 3.00. The summed E-state index contributed by atoms with van der Waals surface area (Å²) in [5, 5.41) is 3.51. The van der Waals surface area contributed by atoms with Crippen LogP contribution in [0.5, 0.6) is 0 Å². The third-order valence-corrected chi connectivity index (χ3v) is 5.41. The number of benzene rings is 2. The zero-order valence-electron chi connectivity index (χ0n) is 15.9. The highest BCUT2D eigenvalue weighted by molar-refractivity contribution is 6.31. The van der Waals surface area contributed by atoms with Crippen molar-refractivity contribution < 1.29 is 9.59 Å². The molecule has 1 aromatic heterocycles. The largest absolute Gasteiger partial charge is 0.352 e. The molecule has 1 aliphatic heterocycles. The number of pyridine rings is 1. The molecule has 1 aliphatic rings. The van der Waals surface area contributed by atoms with E-state index >= 15 is 0 Å². The molecule has 4 rings (SSSR count). The summed E-state index contributed by atoms with van der Waals surface area (Å²) >= 11 is 6.17. The van der Waals surface area contributed by atoms with Crippen molar-refractivity contribution in [2.24, 2.45) is 0 Å². The molecule has 0 bridgehead atoms. The van der Waals surface area contributed by atoms with Gasteiger partial charge in [0.2, 0.25) is 5.91 Å². The zero-order valence-corrected chi connectivity index (χ0v) is 16.7. The summed E-state index contributed by atoms with van der Waals surface area (Å²) < 4.78 is 0. The normalized spacial score (nSPS) is 15.3. The van der Waals surface area contributed by atoms with Crippen molar-refractivity contribution in [2.45, 2.75) is 25.9 Å². The molecule has 1 atom stereocenters. The highest BCUT2D eigenvalue weighted by atomic mass is 35.5. The highest BCUT2D eigenvalue weighted by Gasteiger charge is 2.39. The second kappa shape index (κ2) is 8.05. The summed E-state index contributed by atoms with van der Waals surface area (Å²) in [6, 6.07) is 18.1. The van der Waals surface area contributed by atoms with Crippen LogP contribution in [0.1, 0.15) is 39.6 Å². The lowest BCUT2D eigenvalue weighted by Gasteiger charge is -2.25. The van der Waals surface area contributed by atoms with Gasteiger partial charge in [-0.3, -0.25) is 19.5 Å². The molecule has 29 heavy (non-hydrogen) atoms. The number of carbonyl (C=O) groups excluding carboxylic acids is 2. The van der Waals surface area contributed by atoms with E-state index in [0.29, 0.717) is 22.8 Å². The Hall–Kier alpha value is -3.18. The van der Waals surface area contributed by atoms with Gasteiger partial charge < -0.3 is 5.32 Å². The zero-order chi connectivity index (χ0) is 20.4. The van der Waals surface area contributed by atoms with Gasteiger partial charge in [-0.15, -0.1) is 0 Å². The molecule has 0 unspecified atom stereocenters. The number of hydrogen-bond acceptors (Lipinski definition) is 3. The number of aromatic nitrogens is 1. The summed E-state index contributed by atoms with van der Waals surface area (Å²) in [4.78, 5) is 31.8. The van der Waals surface area contributed by atoms with E-state index in [2.05, 4.69) is 10.3 Å². The fraction of sp³-hybridized carbons (Fsp3) is 0.174. The number of amides is 2. The van der Waals surface area contributed by atoms with Gasteiger partial charge in [0.1, 0.15) is 0 Å². The molecule has 0 radical (unpaired) electrons. The van der Waals surface area contributed by atoms with Crippen LogP contribution >= 0.6 is 11.6 Å². The predicted octanol–water partition coefficient (Wildman–Crippen LogP) is 4.45. The van der Waals surface area contributed by atoms with Gasteiger partial charge >= 0.3 is 0 Å². The van der Waals surface area contributed by atoms with Gasteiger partial charge in [0, 0.05) is 23.5 Å². The third kappa shape index (κ3) is 3.87. The minimum Gasteiger partial charge on any atom is -0.352 e. The Morgan fingerprint density at radius 3 is 2.62 bits per heavy atom. The van der Waals surface area contributed by atoms with Crippen LogP contribution in [-0.4, -0.2) is 16.8 Å². The minimum absolute atomic E-state index is 0.119. The van der Waals surface area contributed by atoms with Crippen molar-refractivity contribution in [3.05, 3.63) is 94.3 Å². The molecule has 3 aromatic rings. The Bertz CT molecular complexity index is 1070. The predicted molar refractivity (Wildman–Crippen MR) is 113 cm³/mol. The Balaban J connectivity index is 1.57. The summed E-state index contributed by atoms with van der Waals surface area (Å²) in [5.41, 5.74) is 3.87. The summed E-state index contributed by atoms with van der Waals surface area (Å²) in [6.07, 6.45) is 1.77. The van der Waals surface area contributed by atoms with Crippen LogP contribution in [0.4, 0.5) is 5.69 Å². The maximum Gasteiger partial charge on any atom is 0.260 e. The van der Waals surface area contributed by atoms with Crippen LogP contribution in [0, 0.1) is 6.92 Å². The van der Waals surface area contributed by atoms with E-state index in [-0.39, 0.29) is 18.2 Å². The monoisotopic (exact) mass is 405 g/mol. The fourth-order valence-corrected chi connectivity index (χ4v) is 3.73. The molecule has 0 saturated carbocycles. The lowest BCUT2D eigenvalue weighted by molar-refractivity contribution is -0.121. The lowest BCUT2D eigenvalue weighted by Crippen LogP contribution is -2.33. The van der Waals surface area contributed by atoms with E-state index in [1.54, 1.807) is 29.3 Å². The van der Waals surface area contributed by atoms with E-state index in [1.807, 2.05) is 49.4 Å². The molecule has 5 nitrogen and oxygen atoms in total. The average molecular weight is 406 g/mol. The number of halogens is 1. The van der Waals surface area contributed by atoms with Gasteiger partial charge in [-0.25, -0.2) is 0 Å². The Kier molecular flexibility index (Phi) is 5.32. The maximum absolute atomic E-state index is 13.0. The van der Waals surface area contributed by atoms with Gasteiger partial charge in [0.25, 0.3) is 5.91 Å². The molecular weight excluding hydrogens is 386 g/mol. The molecule has 2 heterocycles. The van der Waals surface area contributed by atoms with Gasteiger partial charge in [0.15, 0.2) is 0 Å². The number of rotatable bonds is 5. The number of aryl methyl sites for hydroxylation is 1. The molecule has 0 aliphatic carbocycles. The molecule has 0 saturated heterocycles. The van der Waals surface area contributed by atoms with E-state index in [1.165, 1.54) is 0 Å². The van der Waals surface area contributed by atoms with Gasteiger partial charge in [0.05, 0.1) is 23.7 Å². The van der Waals surface area contributed by atoms with Crippen LogP contribution in [0.25, 0.3) is 0 Å². The van der Waals surface area contributed by atoms with Crippen molar-refractivity contribution in [1.29, 1.82) is 0 Å². The second-order valence-corrected chi connectivity index (χ2v) is 7.44. The Morgan fingerprint density at radius 1 is 1.10 bits per heavy atom. The third-order valence-electron chi connectivity index (χ3n) is 5.04. The minimum atomic E-state index is -0.451. The smallest absolute Gasteiger partial charge is 0.260 e. The summed E-state index contributed by atoms with van der Waals surface area (Å²) in [7, 11) is 0. The SMILES string of the molecule is Cc1ccc(N2C(=O)c3cccnc3[C@H]2CC(=O)NCc2ccccc2Cl)cc1. The van der Waals surface area contributed by atoms with E-state index in [4.69, 9.17) is 11.6 Å². The van der Waals surface area contributed by atoms with Crippen molar-refractivity contribution in [3.63, 3.8) is 0 Å². The Morgan fingerprint density at radius 2 is 1.86 bits per heavy atom. The molecule has 1 N–H and O–H groups in total. The number of hydrogen-bond donors (Lipinski definition) is 1. The lowest BCUT2D eigenvalue weighted by atomic mass is 10.1. The van der Waals surface area contributed by atoms with Crippen LogP contribution in [0.2, 0.25) is 5.02 Å². The molecule has 6 heteroatoms. The van der Waals surface area contributed by atoms with Crippen molar-refractivity contribution >= 4 is 29.1 Å². The topological polar surface area (TPSA) is 62.3 Å². The van der Waals surface area contributed by atoms with E-state index in [9.17, 15) is 9.59 Å². The van der Waals surface area contributed by atoms with E-state index < -0.39 is 6.04 Å². The number of fused-ring (bicyclic) bond motifs is 1. The first-order valence-electron chi connectivity index (χ1n) is 9.40. The highest BCUT2D eigenvalue weighted by Crippen LogP contribution is 2.38. The van der Waals surface area contributed by atoms with Crippen LogP contribution in [0.3, 0.4) is 0 Å². The second-order valence-electron chi connectivity index (χ2n) is 7.03. The standard InChI is InChI=1S/C23H20ClN3O2/c1-15-8-10-17(11-9-15)27-20(22-18(23(27)29)6-4-12-25-22)13-21(28)26-14-16-5-2-3-7-19(16)24/h2-12,20H,13-14H2,1H3,(H,26,28)/t20-/m1/s1. The molecule has 0 fully saturated rings. The first-order chi connectivity index (χ1) is 14.0. The Labute approximate surface area is 174 Å². The van der Waals surface area contributed by atoms with Crippen LogP contribution < -0.4 is 10.2 Å². The van der Waals surface area contributed by atoms with Gasteiger partial charge in [-0.1, -0.05) is 47.5 Å². The van der Waals surface area contributed by atoms with Gasteiger partial charge in [-0.05, 0) is 42.8 Å². The molecule has 146 valence electrons. The maximum atomic E-state index is 13.0. The molecular formula is C23H20ClN3O2. The fourth-order valence-electron chi connectivity index (χ4n) is 3.53. The van der Waals surface area contributed by atoms with Crippen molar-refractivity contribution in [1.82, 2.24) is 10.3 Å². The van der Waals surface area contributed by atoms with Crippen LogP contribution in [0.15, 0.2) is 66.9 Å². The first-order valence-corrected chi connectivity index (χ1v) is 9.77. The van der Waals surface area contributed by atoms with Gasteiger partial charge in [-0.2, -0.15) is 0 Å². The molecule has 2 aromatic carbocycles. The van der Waals surface area contributed by atoms with Crippen molar-refractivity contribution in [3.8, 4) is 0 Å². The number of anilines is 1. The molecule has 2 amide bonds. The number of carbonyl (C=O) groups is 2. The quantitative estimate of drug-likeness (QED) is 0.682. The number of nitrogens with zero attached hydrogens (tertiary/aromatic N) is 2. The van der Waals surface area contributed by atoms with E-state index in [0.717, 1.165) is 16.8 Å². The number of nitrogens with one attached hydrogen (secondary N) is 1. The molecule has 0 spiro atoms. The summed E-state index contributed by atoms with van der Waals surface area (Å²) in [5.74, 6) is -0.306. The van der Waals surface area contributed by atoms with Crippen molar-refractivity contribution in [2.75, 3.05) is 4.90 Å². The summed E-state index contributed by atoms with van der Waals surface area (Å²) in [6.45, 7) is 2.32.